The number of nitrogens with one attached hydrogen (secondary N) is 2. The summed E-state index contributed by atoms with van der Waals surface area (Å²) in [6.45, 7) is 1.82. The van der Waals surface area contributed by atoms with Gasteiger partial charge in [-0.25, -0.2) is 9.97 Å². The van der Waals surface area contributed by atoms with Crippen LogP contribution < -0.4 is 10.6 Å². The number of carbonyl (C=O) groups excluding carboxylic acids is 1. The number of amides is 1. The molecule has 228 valence electrons. The summed E-state index contributed by atoms with van der Waals surface area (Å²) in [7, 11) is 0. The van der Waals surface area contributed by atoms with Crippen molar-refractivity contribution in [2.45, 2.75) is 74.8 Å². The van der Waals surface area contributed by atoms with E-state index in [0.717, 1.165) is 37.0 Å². The lowest BCUT2D eigenvalue weighted by molar-refractivity contribution is -0.138. The number of halogens is 3. The number of alkyl halides is 3. The van der Waals surface area contributed by atoms with E-state index in [1.165, 1.54) is 6.20 Å². The molecule has 5 heterocycles. The highest BCUT2D eigenvalue weighted by atomic mass is 19.4. The smallest absolute Gasteiger partial charge is 0.384 e. The highest BCUT2D eigenvalue weighted by Crippen LogP contribution is 2.37. The van der Waals surface area contributed by atoms with Gasteiger partial charge in [-0.05, 0) is 81.8 Å². The van der Waals surface area contributed by atoms with Crippen molar-refractivity contribution in [3.63, 3.8) is 0 Å². The SMILES string of the molecule is O=C(C1CCNC(c2cc(C(F)(F)F)ccn2)C1)N1CCC(NC2CCC(O)(c3ccc(-c4ncccn4)cn3)CC2)C1. The Kier molecular flexibility index (Phi) is 8.43. The molecule has 0 bridgehead atoms. The topological polar surface area (TPSA) is 116 Å². The van der Waals surface area contributed by atoms with E-state index < -0.39 is 17.3 Å². The molecular weight excluding hydrogens is 559 g/mol. The van der Waals surface area contributed by atoms with Crippen molar-refractivity contribution < 1.29 is 23.1 Å². The molecule has 3 N–H and O–H groups in total. The first-order valence-corrected chi connectivity index (χ1v) is 15.0. The Hall–Kier alpha value is -3.48. The number of hydrogen-bond acceptors (Lipinski definition) is 8. The molecule has 0 radical (unpaired) electrons. The van der Waals surface area contributed by atoms with Crippen molar-refractivity contribution in [3.8, 4) is 11.4 Å². The fourth-order valence-corrected chi connectivity index (χ4v) is 6.64. The Morgan fingerprint density at radius 1 is 1.00 bits per heavy atom. The van der Waals surface area contributed by atoms with Gasteiger partial charge in [-0.2, -0.15) is 13.2 Å². The Labute approximate surface area is 248 Å². The van der Waals surface area contributed by atoms with Crippen molar-refractivity contribution >= 4 is 5.91 Å². The highest BCUT2D eigenvalue weighted by Gasteiger charge is 2.39. The second-order valence-electron chi connectivity index (χ2n) is 11.9. The van der Waals surface area contributed by atoms with Crippen LogP contribution in [0.25, 0.3) is 11.4 Å². The van der Waals surface area contributed by atoms with Gasteiger partial charge in [0.05, 0.1) is 23.0 Å². The first kappa shape index (κ1) is 29.6. The van der Waals surface area contributed by atoms with Gasteiger partial charge in [-0.1, -0.05) is 0 Å². The van der Waals surface area contributed by atoms with E-state index in [1.54, 1.807) is 24.7 Å². The van der Waals surface area contributed by atoms with Crippen LogP contribution in [0, 0.1) is 5.92 Å². The molecule has 2 aliphatic heterocycles. The van der Waals surface area contributed by atoms with Gasteiger partial charge in [0.1, 0.15) is 5.60 Å². The Morgan fingerprint density at radius 3 is 2.51 bits per heavy atom. The maximum absolute atomic E-state index is 13.4. The fourth-order valence-electron chi connectivity index (χ4n) is 6.64. The van der Waals surface area contributed by atoms with Gasteiger partial charge >= 0.3 is 6.18 Å². The lowest BCUT2D eigenvalue weighted by Gasteiger charge is -2.37. The molecule has 12 heteroatoms. The lowest BCUT2D eigenvalue weighted by Crippen LogP contribution is -2.46. The minimum absolute atomic E-state index is 0.0659. The summed E-state index contributed by atoms with van der Waals surface area (Å²) in [5.74, 6) is 0.410. The van der Waals surface area contributed by atoms with Gasteiger partial charge in [0, 0.05) is 61.4 Å². The first-order chi connectivity index (χ1) is 20.7. The zero-order valence-electron chi connectivity index (χ0n) is 23.8. The van der Waals surface area contributed by atoms with E-state index >= 15 is 0 Å². The third-order valence-electron chi connectivity index (χ3n) is 9.07. The van der Waals surface area contributed by atoms with E-state index in [1.807, 2.05) is 17.0 Å². The number of aliphatic hydroxyl groups is 1. The highest BCUT2D eigenvalue weighted by molar-refractivity contribution is 5.79. The molecule has 1 saturated carbocycles. The van der Waals surface area contributed by atoms with Crippen LogP contribution >= 0.6 is 0 Å². The second kappa shape index (κ2) is 12.3. The third-order valence-corrected chi connectivity index (χ3v) is 9.07. The predicted octanol–water partition coefficient (Wildman–Crippen LogP) is 4.01. The quantitative estimate of drug-likeness (QED) is 0.392. The maximum Gasteiger partial charge on any atom is 0.416 e. The maximum atomic E-state index is 13.4. The molecule has 3 unspecified atom stereocenters. The summed E-state index contributed by atoms with van der Waals surface area (Å²) in [5, 5.41) is 18.3. The first-order valence-electron chi connectivity index (χ1n) is 15.0. The van der Waals surface area contributed by atoms with Crippen molar-refractivity contribution in [1.29, 1.82) is 0 Å². The molecular formula is C31H36F3N7O2. The molecule has 1 aliphatic carbocycles. The van der Waals surface area contributed by atoms with E-state index in [9.17, 15) is 23.1 Å². The monoisotopic (exact) mass is 595 g/mol. The summed E-state index contributed by atoms with van der Waals surface area (Å²) < 4.78 is 39.6. The number of likely N-dealkylation sites (tertiary alicyclic amines) is 1. The summed E-state index contributed by atoms with van der Waals surface area (Å²) >= 11 is 0. The van der Waals surface area contributed by atoms with Crippen LogP contribution in [-0.4, -0.2) is 67.6 Å². The number of aromatic nitrogens is 4. The van der Waals surface area contributed by atoms with Gasteiger partial charge in [-0.15, -0.1) is 0 Å². The zero-order valence-corrected chi connectivity index (χ0v) is 23.8. The number of carbonyl (C=O) groups is 1. The summed E-state index contributed by atoms with van der Waals surface area (Å²) in [5.41, 5.74) is 0.0721. The normalized spacial score (nSPS) is 28.1. The number of rotatable bonds is 6. The van der Waals surface area contributed by atoms with E-state index in [4.69, 9.17) is 0 Å². The molecule has 43 heavy (non-hydrogen) atoms. The molecule has 3 fully saturated rings. The molecule has 3 atom stereocenters. The molecule has 1 amide bonds. The van der Waals surface area contributed by atoms with Gasteiger partial charge in [0.2, 0.25) is 5.91 Å². The molecule has 3 aliphatic rings. The predicted molar refractivity (Wildman–Crippen MR) is 152 cm³/mol. The van der Waals surface area contributed by atoms with Crippen LogP contribution in [0.4, 0.5) is 13.2 Å². The van der Waals surface area contributed by atoms with Gasteiger partial charge in [0.25, 0.3) is 0 Å². The Balaban J connectivity index is 0.989. The molecule has 2 saturated heterocycles. The van der Waals surface area contributed by atoms with Gasteiger partial charge in [-0.3, -0.25) is 14.8 Å². The van der Waals surface area contributed by atoms with Gasteiger partial charge in [0.15, 0.2) is 5.82 Å². The van der Waals surface area contributed by atoms with Crippen molar-refractivity contribution in [2.24, 2.45) is 5.92 Å². The van der Waals surface area contributed by atoms with Crippen molar-refractivity contribution in [2.75, 3.05) is 19.6 Å². The summed E-state index contributed by atoms with van der Waals surface area (Å²) in [6.07, 6.45) is 6.52. The number of piperidine rings is 1. The third kappa shape index (κ3) is 6.71. The fraction of sp³-hybridized carbons (Fsp3) is 0.516. The second-order valence-corrected chi connectivity index (χ2v) is 11.9. The van der Waals surface area contributed by atoms with E-state index in [0.29, 0.717) is 62.5 Å². The molecule has 9 nitrogen and oxygen atoms in total. The van der Waals surface area contributed by atoms with Crippen LogP contribution in [-0.2, 0) is 16.6 Å². The van der Waals surface area contributed by atoms with Crippen molar-refractivity contribution in [3.05, 3.63) is 72.1 Å². The van der Waals surface area contributed by atoms with Crippen LogP contribution in [0.3, 0.4) is 0 Å². The zero-order chi connectivity index (χ0) is 30.0. The van der Waals surface area contributed by atoms with E-state index in [-0.39, 0.29) is 30.0 Å². The Morgan fingerprint density at radius 2 is 1.79 bits per heavy atom. The van der Waals surface area contributed by atoms with Crippen LogP contribution in [0.15, 0.2) is 55.1 Å². The van der Waals surface area contributed by atoms with Crippen molar-refractivity contribution in [1.82, 2.24) is 35.5 Å². The lowest BCUT2D eigenvalue weighted by atomic mass is 9.79. The Bertz CT molecular complexity index is 1400. The minimum atomic E-state index is -4.43. The average molecular weight is 596 g/mol. The number of nitrogens with zero attached hydrogens (tertiary/aromatic N) is 5. The summed E-state index contributed by atoms with van der Waals surface area (Å²) in [6, 6.07) is 7.58. The molecule has 6 rings (SSSR count). The number of hydrogen-bond donors (Lipinski definition) is 3. The van der Waals surface area contributed by atoms with Crippen LogP contribution in [0.5, 0.6) is 0 Å². The molecule has 3 aromatic heterocycles. The molecule has 0 aromatic carbocycles. The molecule has 3 aromatic rings. The van der Waals surface area contributed by atoms with Crippen LogP contribution in [0.2, 0.25) is 0 Å². The largest absolute Gasteiger partial charge is 0.416 e. The minimum Gasteiger partial charge on any atom is -0.384 e. The average Bonchev–Trinajstić information content (AvgIpc) is 3.50. The summed E-state index contributed by atoms with van der Waals surface area (Å²) in [4.78, 5) is 32.5. The van der Waals surface area contributed by atoms with Crippen LogP contribution in [0.1, 0.15) is 67.9 Å². The van der Waals surface area contributed by atoms with E-state index in [2.05, 4.69) is 30.6 Å². The van der Waals surface area contributed by atoms with Gasteiger partial charge < -0.3 is 20.6 Å². The number of pyridine rings is 2. The standard InChI is InChI=1S/C31H36F3N7O2/c32-31(33,34)22-7-14-36-26(17-22)25-16-20(6-13-35-25)29(42)41-15-8-24(19-41)40-23-4-9-30(43,10-5-23)27-3-2-21(18-39-27)28-37-11-1-12-38-28/h1-3,7,11-12,14,17-18,20,23-25,35,40,43H,4-6,8-10,13,15-16,19H2. The molecule has 0 spiro atoms.